The highest BCUT2D eigenvalue weighted by molar-refractivity contribution is 5.76. The van der Waals surface area contributed by atoms with E-state index in [-0.39, 0.29) is 44.4 Å². The molecule has 1 unspecified atom stereocenters. The van der Waals surface area contributed by atoms with Gasteiger partial charge in [-0.05, 0) is 32.6 Å². The summed E-state index contributed by atoms with van der Waals surface area (Å²) in [7, 11) is 0. The molecule has 1 aliphatic rings. The summed E-state index contributed by atoms with van der Waals surface area (Å²) >= 11 is 0. The lowest BCUT2D eigenvalue weighted by Crippen LogP contribution is -2.45. The molecule has 4 nitrogen and oxygen atoms in total. The molecular weight excluding hydrogens is 275 g/mol. The Bertz CT molecular complexity index is 312. The molecule has 0 aromatic carbocycles. The van der Waals surface area contributed by atoms with Crippen LogP contribution in [0, 0.1) is 5.92 Å². The first-order chi connectivity index (χ1) is 9.21. The van der Waals surface area contributed by atoms with Crippen LogP contribution >= 0.6 is 0 Å². The molecular formula is C13H22F3NO3. The molecule has 0 aromatic heterocycles. The Morgan fingerprint density at radius 1 is 1.35 bits per heavy atom. The molecule has 0 aromatic rings. The van der Waals surface area contributed by atoms with Gasteiger partial charge in [-0.3, -0.25) is 4.79 Å². The number of amides is 1. The summed E-state index contributed by atoms with van der Waals surface area (Å²) in [5, 5.41) is 9.19. The molecule has 1 saturated heterocycles. The second kappa shape index (κ2) is 7.26. The number of carbonyl (C=O) groups is 1. The van der Waals surface area contributed by atoms with Gasteiger partial charge < -0.3 is 14.7 Å². The fourth-order valence-electron chi connectivity index (χ4n) is 2.27. The lowest BCUT2D eigenvalue weighted by atomic mass is 9.91. The van der Waals surface area contributed by atoms with Crippen molar-refractivity contribution in [3.63, 3.8) is 0 Å². The quantitative estimate of drug-likeness (QED) is 0.844. The predicted octanol–water partition coefficient (Wildman–Crippen LogP) is 1.96. The third kappa shape index (κ3) is 5.28. The van der Waals surface area contributed by atoms with Crippen LogP contribution in [0.15, 0.2) is 0 Å². The van der Waals surface area contributed by atoms with Gasteiger partial charge in [0.1, 0.15) is 0 Å². The Hall–Kier alpha value is -0.820. The van der Waals surface area contributed by atoms with Crippen LogP contribution in [-0.4, -0.2) is 54.0 Å². The van der Waals surface area contributed by atoms with Gasteiger partial charge >= 0.3 is 6.18 Å². The average molecular weight is 297 g/mol. The predicted molar refractivity (Wildman–Crippen MR) is 67.1 cm³/mol. The zero-order valence-corrected chi connectivity index (χ0v) is 11.8. The van der Waals surface area contributed by atoms with E-state index in [9.17, 15) is 23.1 Å². The van der Waals surface area contributed by atoms with Crippen molar-refractivity contribution in [3.05, 3.63) is 0 Å². The average Bonchev–Trinajstić information content (AvgIpc) is 2.36. The summed E-state index contributed by atoms with van der Waals surface area (Å²) < 4.78 is 42.4. The van der Waals surface area contributed by atoms with Crippen molar-refractivity contribution in [2.45, 2.75) is 51.5 Å². The maximum Gasteiger partial charge on any atom is 0.414 e. The minimum atomic E-state index is -4.58. The molecule has 0 radical (unpaired) electrons. The molecule has 1 fully saturated rings. The van der Waals surface area contributed by atoms with E-state index in [0.29, 0.717) is 6.61 Å². The number of alkyl halides is 3. The summed E-state index contributed by atoms with van der Waals surface area (Å²) in [4.78, 5) is 13.4. The van der Waals surface area contributed by atoms with E-state index in [1.807, 2.05) is 13.8 Å². The van der Waals surface area contributed by atoms with Crippen molar-refractivity contribution in [1.29, 1.82) is 0 Å². The van der Waals surface area contributed by atoms with Crippen LogP contribution in [0.4, 0.5) is 13.2 Å². The maximum atomic E-state index is 12.4. The molecule has 0 spiro atoms. The van der Waals surface area contributed by atoms with Crippen molar-refractivity contribution in [3.8, 4) is 0 Å². The van der Waals surface area contributed by atoms with E-state index in [0.717, 1.165) is 0 Å². The highest BCUT2D eigenvalue weighted by atomic mass is 19.4. The van der Waals surface area contributed by atoms with Crippen molar-refractivity contribution in [1.82, 2.24) is 4.90 Å². The lowest BCUT2D eigenvalue weighted by Gasteiger charge is -2.34. The van der Waals surface area contributed by atoms with E-state index in [4.69, 9.17) is 4.74 Å². The third-order valence-electron chi connectivity index (χ3n) is 3.44. The second-order valence-electron chi connectivity index (χ2n) is 5.37. The van der Waals surface area contributed by atoms with Gasteiger partial charge in [0.2, 0.25) is 5.91 Å². The van der Waals surface area contributed by atoms with Gasteiger partial charge in [-0.15, -0.1) is 0 Å². The minimum absolute atomic E-state index is 0.0514. The molecule has 7 heteroatoms. The van der Waals surface area contributed by atoms with E-state index in [1.165, 1.54) is 0 Å². The van der Waals surface area contributed by atoms with E-state index >= 15 is 0 Å². The number of hydrogen-bond acceptors (Lipinski definition) is 3. The summed E-state index contributed by atoms with van der Waals surface area (Å²) in [5.74, 6) is -0.920. The molecule has 1 aliphatic heterocycles. The minimum Gasteiger partial charge on any atom is -0.383 e. The number of halogens is 3. The molecule has 118 valence electrons. The Morgan fingerprint density at radius 3 is 2.35 bits per heavy atom. The number of aliphatic hydroxyl groups excluding tert-OH is 1. The standard InChI is InChI=1S/C13H22F3NO3/c1-9(2)20-8-5-11(18)17-6-3-10(4-7-17)12(19)13(14,15)16/h9-10,12,19H,3-8H2,1-2H3. The first-order valence-corrected chi connectivity index (χ1v) is 6.86. The van der Waals surface area contributed by atoms with Crippen molar-refractivity contribution < 1.29 is 27.8 Å². The number of carbonyl (C=O) groups excluding carboxylic acids is 1. The molecule has 1 rings (SSSR count). The molecule has 1 amide bonds. The van der Waals surface area contributed by atoms with Gasteiger partial charge in [0.05, 0.1) is 19.1 Å². The first-order valence-electron chi connectivity index (χ1n) is 6.86. The Kier molecular flexibility index (Phi) is 6.26. The Labute approximate surface area is 116 Å². The topological polar surface area (TPSA) is 49.8 Å². The van der Waals surface area contributed by atoms with Crippen LogP contribution in [0.2, 0.25) is 0 Å². The zero-order valence-electron chi connectivity index (χ0n) is 11.8. The molecule has 0 aliphatic carbocycles. The van der Waals surface area contributed by atoms with E-state index in [2.05, 4.69) is 0 Å². The van der Waals surface area contributed by atoms with Crippen LogP contribution in [0.5, 0.6) is 0 Å². The van der Waals surface area contributed by atoms with Crippen molar-refractivity contribution in [2.24, 2.45) is 5.92 Å². The van der Waals surface area contributed by atoms with E-state index < -0.39 is 18.2 Å². The Balaban J connectivity index is 2.33. The lowest BCUT2D eigenvalue weighted by molar-refractivity contribution is -0.222. The van der Waals surface area contributed by atoms with Crippen LogP contribution in [0.1, 0.15) is 33.1 Å². The van der Waals surface area contributed by atoms with Crippen molar-refractivity contribution >= 4 is 5.91 Å². The van der Waals surface area contributed by atoms with Crippen LogP contribution in [0.25, 0.3) is 0 Å². The largest absolute Gasteiger partial charge is 0.414 e. The third-order valence-corrected chi connectivity index (χ3v) is 3.44. The number of nitrogens with zero attached hydrogens (tertiary/aromatic N) is 1. The summed E-state index contributed by atoms with van der Waals surface area (Å²) in [6.45, 7) is 4.58. The summed E-state index contributed by atoms with van der Waals surface area (Å²) in [5.41, 5.74) is 0. The number of piperidine rings is 1. The fraction of sp³-hybridized carbons (Fsp3) is 0.923. The first kappa shape index (κ1) is 17.2. The smallest absolute Gasteiger partial charge is 0.383 e. The number of hydrogen-bond donors (Lipinski definition) is 1. The number of rotatable bonds is 5. The molecule has 0 bridgehead atoms. The molecule has 1 N–H and O–H groups in total. The van der Waals surface area contributed by atoms with Gasteiger partial charge in [0, 0.05) is 13.1 Å². The van der Waals surface area contributed by atoms with Gasteiger partial charge in [-0.1, -0.05) is 0 Å². The molecule has 1 atom stereocenters. The maximum absolute atomic E-state index is 12.4. The Morgan fingerprint density at radius 2 is 1.90 bits per heavy atom. The fourth-order valence-corrected chi connectivity index (χ4v) is 2.27. The number of likely N-dealkylation sites (tertiary alicyclic amines) is 1. The summed E-state index contributed by atoms with van der Waals surface area (Å²) in [6.07, 6.45) is -6.22. The van der Waals surface area contributed by atoms with Gasteiger partial charge in [-0.25, -0.2) is 0 Å². The number of aliphatic hydroxyl groups is 1. The van der Waals surface area contributed by atoms with Crippen LogP contribution in [-0.2, 0) is 9.53 Å². The van der Waals surface area contributed by atoms with Crippen LogP contribution in [0.3, 0.4) is 0 Å². The van der Waals surface area contributed by atoms with Gasteiger partial charge in [0.25, 0.3) is 0 Å². The molecule has 1 heterocycles. The van der Waals surface area contributed by atoms with Gasteiger partial charge in [-0.2, -0.15) is 13.2 Å². The molecule has 0 saturated carbocycles. The number of ether oxygens (including phenoxy) is 1. The van der Waals surface area contributed by atoms with Crippen molar-refractivity contribution in [2.75, 3.05) is 19.7 Å². The van der Waals surface area contributed by atoms with E-state index in [1.54, 1.807) is 4.90 Å². The van der Waals surface area contributed by atoms with Crippen LogP contribution < -0.4 is 0 Å². The highest BCUT2D eigenvalue weighted by Gasteiger charge is 2.44. The SMILES string of the molecule is CC(C)OCCC(=O)N1CCC(C(O)C(F)(F)F)CC1. The zero-order chi connectivity index (χ0) is 15.3. The second-order valence-corrected chi connectivity index (χ2v) is 5.37. The monoisotopic (exact) mass is 297 g/mol. The normalized spacial score (nSPS) is 19.4. The van der Waals surface area contributed by atoms with Gasteiger partial charge in [0.15, 0.2) is 6.10 Å². The molecule has 20 heavy (non-hydrogen) atoms. The summed E-state index contributed by atoms with van der Waals surface area (Å²) in [6, 6.07) is 0. The highest BCUT2D eigenvalue weighted by Crippen LogP contribution is 2.31.